The molecule has 0 aromatic heterocycles. The Kier molecular flexibility index (Phi) is 4.08. The van der Waals surface area contributed by atoms with E-state index < -0.39 is 24.8 Å². The minimum absolute atomic E-state index is 0.122. The molecule has 0 saturated heterocycles. The van der Waals surface area contributed by atoms with Gasteiger partial charge in [-0.3, -0.25) is 0 Å². The summed E-state index contributed by atoms with van der Waals surface area (Å²) in [6.45, 7) is 1.13. The van der Waals surface area contributed by atoms with Crippen LogP contribution in [0.2, 0.25) is 0 Å². The molecule has 0 amide bonds. The zero-order valence-electron chi connectivity index (χ0n) is 10.6. The third-order valence-electron chi connectivity index (χ3n) is 3.59. The topological polar surface area (TPSA) is 99.4 Å². The van der Waals surface area contributed by atoms with E-state index in [-0.39, 0.29) is 17.8 Å². The lowest BCUT2D eigenvalue weighted by molar-refractivity contribution is -0.142. The number of hydrogen-bond donors (Lipinski definition) is 3. The summed E-state index contributed by atoms with van der Waals surface area (Å²) in [6, 6.07) is 0. The number of fused-ring (bicyclic) bond motifs is 1. The quantitative estimate of drug-likeness (QED) is 0.487. The first-order chi connectivity index (χ1) is 8.99. The SMILES string of the molecule is CC(O)C#CC1C(O)CC2/C(=N\OCC(=O)O)CC21. The Labute approximate surface area is 111 Å². The van der Waals surface area contributed by atoms with E-state index >= 15 is 0 Å². The van der Waals surface area contributed by atoms with Crippen LogP contribution in [0, 0.1) is 29.6 Å². The molecule has 5 atom stereocenters. The van der Waals surface area contributed by atoms with Crippen LogP contribution in [0.3, 0.4) is 0 Å². The minimum atomic E-state index is -1.06. The highest BCUT2D eigenvalue weighted by Crippen LogP contribution is 2.48. The van der Waals surface area contributed by atoms with Crippen molar-refractivity contribution in [2.75, 3.05) is 6.61 Å². The molecule has 0 aromatic carbocycles. The fourth-order valence-electron chi connectivity index (χ4n) is 2.70. The smallest absolute Gasteiger partial charge is 0.344 e. The van der Waals surface area contributed by atoms with E-state index in [9.17, 15) is 9.90 Å². The van der Waals surface area contributed by atoms with E-state index in [1.54, 1.807) is 6.92 Å². The van der Waals surface area contributed by atoms with Crippen LogP contribution in [0.4, 0.5) is 0 Å². The van der Waals surface area contributed by atoms with Crippen LogP contribution < -0.4 is 0 Å². The Morgan fingerprint density at radius 1 is 1.63 bits per heavy atom. The van der Waals surface area contributed by atoms with Gasteiger partial charge in [0.15, 0.2) is 0 Å². The predicted molar refractivity (Wildman–Crippen MR) is 66.2 cm³/mol. The largest absolute Gasteiger partial charge is 0.479 e. The van der Waals surface area contributed by atoms with Crippen molar-refractivity contribution in [1.29, 1.82) is 0 Å². The van der Waals surface area contributed by atoms with Crippen molar-refractivity contribution in [3.8, 4) is 11.8 Å². The number of oxime groups is 1. The second-order valence-electron chi connectivity index (χ2n) is 5.02. The standard InChI is InChI=1S/C13H17NO5/c1-7(15)2-3-8-9-4-11(10(9)5-12(8)16)14-19-6-13(17)18/h7-10,12,15-16H,4-6H2,1H3,(H,17,18)/b14-11-. The molecule has 0 aliphatic heterocycles. The van der Waals surface area contributed by atoms with E-state index in [1.165, 1.54) is 0 Å². The normalized spacial score (nSPS) is 35.8. The number of aliphatic hydroxyl groups is 2. The van der Waals surface area contributed by atoms with Gasteiger partial charge < -0.3 is 20.2 Å². The van der Waals surface area contributed by atoms with Crippen LogP contribution in [0.1, 0.15) is 19.8 Å². The number of rotatable bonds is 3. The average molecular weight is 267 g/mol. The highest BCUT2D eigenvalue weighted by molar-refractivity contribution is 5.93. The lowest BCUT2D eigenvalue weighted by Crippen LogP contribution is -2.36. The van der Waals surface area contributed by atoms with Gasteiger partial charge in [0.05, 0.1) is 17.7 Å². The summed E-state index contributed by atoms with van der Waals surface area (Å²) in [5.74, 6) is 4.74. The monoisotopic (exact) mass is 267 g/mol. The number of carboxylic acid groups (broad SMARTS) is 1. The molecule has 0 spiro atoms. The zero-order valence-corrected chi connectivity index (χ0v) is 10.6. The third-order valence-corrected chi connectivity index (χ3v) is 3.59. The van der Waals surface area contributed by atoms with Crippen molar-refractivity contribution < 1.29 is 25.0 Å². The molecule has 0 bridgehead atoms. The molecular weight excluding hydrogens is 250 g/mol. The van der Waals surface area contributed by atoms with E-state index in [2.05, 4.69) is 17.0 Å². The molecule has 0 heterocycles. The summed E-state index contributed by atoms with van der Waals surface area (Å²) in [7, 11) is 0. The number of nitrogens with zero attached hydrogens (tertiary/aromatic N) is 1. The molecule has 0 radical (unpaired) electrons. The highest BCUT2D eigenvalue weighted by Gasteiger charge is 2.51. The summed E-state index contributed by atoms with van der Waals surface area (Å²) in [6.07, 6.45) is 0.0198. The van der Waals surface area contributed by atoms with E-state index in [0.717, 1.165) is 5.71 Å². The number of hydrogen-bond acceptors (Lipinski definition) is 5. The van der Waals surface area contributed by atoms with E-state index in [1.807, 2.05) is 0 Å². The Bertz CT molecular complexity index is 448. The lowest BCUT2D eigenvalue weighted by Gasteiger charge is -2.33. The Morgan fingerprint density at radius 2 is 2.37 bits per heavy atom. The number of carboxylic acids is 1. The third kappa shape index (κ3) is 3.06. The molecule has 3 N–H and O–H groups in total. The molecule has 2 aliphatic rings. The first-order valence-corrected chi connectivity index (χ1v) is 6.26. The Balaban J connectivity index is 1.93. The fourth-order valence-corrected chi connectivity index (χ4v) is 2.70. The van der Waals surface area contributed by atoms with Gasteiger partial charge in [0.2, 0.25) is 6.61 Å². The average Bonchev–Trinajstić information content (AvgIpc) is 2.55. The van der Waals surface area contributed by atoms with Gasteiger partial charge in [-0.05, 0) is 25.7 Å². The maximum absolute atomic E-state index is 10.3. The fraction of sp³-hybridized carbons (Fsp3) is 0.692. The second kappa shape index (κ2) is 5.59. The van der Waals surface area contributed by atoms with Gasteiger partial charge in [0.1, 0.15) is 6.10 Å². The summed E-state index contributed by atoms with van der Waals surface area (Å²) < 4.78 is 0. The minimum Gasteiger partial charge on any atom is -0.479 e. The number of aliphatic carboxylic acids is 1. The zero-order chi connectivity index (χ0) is 14.0. The molecule has 5 unspecified atom stereocenters. The van der Waals surface area contributed by atoms with Crippen molar-refractivity contribution in [3.05, 3.63) is 0 Å². The van der Waals surface area contributed by atoms with Gasteiger partial charge in [0, 0.05) is 5.92 Å². The first kappa shape index (κ1) is 13.8. The summed E-state index contributed by atoms with van der Waals surface area (Å²) in [4.78, 5) is 15.0. The first-order valence-electron chi connectivity index (χ1n) is 6.26. The predicted octanol–water partition coefficient (Wildman–Crippen LogP) is -0.155. The highest BCUT2D eigenvalue weighted by atomic mass is 16.6. The van der Waals surface area contributed by atoms with E-state index in [0.29, 0.717) is 12.8 Å². The molecule has 2 rings (SSSR count). The van der Waals surface area contributed by atoms with Crippen LogP contribution in [-0.2, 0) is 9.63 Å². The van der Waals surface area contributed by atoms with Crippen LogP contribution in [0.5, 0.6) is 0 Å². The molecule has 2 saturated carbocycles. The molecule has 19 heavy (non-hydrogen) atoms. The lowest BCUT2D eigenvalue weighted by atomic mass is 9.71. The number of aliphatic hydroxyl groups excluding tert-OH is 2. The van der Waals surface area contributed by atoms with Crippen LogP contribution in [0.15, 0.2) is 5.16 Å². The number of carbonyl (C=O) groups is 1. The van der Waals surface area contributed by atoms with Crippen molar-refractivity contribution in [2.45, 2.75) is 32.0 Å². The van der Waals surface area contributed by atoms with Crippen molar-refractivity contribution in [1.82, 2.24) is 0 Å². The van der Waals surface area contributed by atoms with Crippen molar-refractivity contribution in [3.63, 3.8) is 0 Å². The Hall–Kier alpha value is -1.58. The molecule has 6 nitrogen and oxygen atoms in total. The second-order valence-corrected chi connectivity index (χ2v) is 5.02. The molecule has 0 aromatic rings. The summed E-state index contributed by atoms with van der Waals surface area (Å²) in [5, 5.41) is 31.3. The molecule has 2 fully saturated rings. The van der Waals surface area contributed by atoms with Crippen molar-refractivity contribution >= 4 is 11.7 Å². The van der Waals surface area contributed by atoms with Gasteiger partial charge >= 0.3 is 5.97 Å². The molecule has 2 aliphatic carbocycles. The van der Waals surface area contributed by atoms with Crippen LogP contribution in [0.25, 0.3) is 0 Å². The molecule has 104 valence electrons. The maximum Gasteiger partial charge on any atom is 0.344 e. The van der Waals surface area contributed by atoms with Crippen LogP contribution >= 0.6 is 0 Å². The Morgan fingerprint density at radius 3 is 3.00 bits per heavy atom. The molecular formula is C13H17NO5. The van der Waals surface area contributed by atoms with Crippen LogP contribution in [-0.4, -0.2) is 45.8 Å². The van der Waals surface area contributed by atoms with Gasteiger partial charge in [-0.25, -0.2) is 4.79 Å². The van der Waals surface area contributed by atoms with Gasteiger partial charge in [-0.15, -0.1) is 0 Å². The van der Waals surface area contributed by atoms with E-state index in [4.69, 9.17) is 15.1 Å². The van der Waals surface area contributed by atoms with Gasteiger partial charge in [0.25, 0.3) is 0 Å². The molecule has 6 heteroatoms. The maximum atomic E-state index is 10.3. The summed E-state index contributed by atoms with van der Waals surface area (Å²) >= 11 is 0. The van der Waals surface area contributed by atoms with Gasteiger partial charge in [-0.2, -0.15) is 0 Å². The van der Waals surface area contributed by atoms with Gasteiger partial charge in [-0.1, -0.05) is 17.0 Å². The summed E-state index contributed by atoms with van der Waals surface area (Å²) in [5.41, 5.74) is 0.798. The van der Waals surface area contributed by atoms with Crippen molar-refractivity contribution in [2.24, 2.45) is 22.9 Å².